The molecule has 0 bridgehead atoms. The molecule has 1 atom stereocenters. The van der Waals surface area contributed by atoms with Crippen LogP contribution in [0, 0.1) is 5.92 Å². The largest absolute Gasteiger partial charge is 0.383 e. The molecule has 2 nitrogen and oxygen atoms in total. The minimum atomic E-state index is 0.738. The zero-order chi connectivity index (χ0) is 10.9. The lowest BCUT2D eigenvalue weighted by molar-refractivity contribution is 0.199. The summed E-state index contributed by atoms with van der Waals surface area (Å²) in [5.41, 5.74) is 0. The Morgan fingerprint density at radius 2 is 2.13 bits per heavy atom. The van der Waals surface area contributed by atoms with E-state index in [4.69, 9.17) is 4.74 Å². The summed E-state index contributed by atoms with van der Waals surface area (Å²) in [6, 6.07) is 0. The molecule has 90 valence electrons. The molecule has 15 heavy (non-hydrogen) atoms. The van der Waals surface area contributed by atoms with Gasteiger partial charge in [-0.05, 0) is 24.5 Å². The van der Waals surface area contributed by atoms with Crippen molar-refractivity contribution in [3.8, 4) is 0 Å². The topological polar surface area (TPSA) is 21.3 Å². The predicted octanol–water partition coefficient (Wildman–Crippen LogP) is 2.53. The highest BCUT2D eigenvalue weighted by Gasteiger charge is 2.15. The van der Waals surface area contributed by atoms with E-state index in [2.05, 4.69) is 24.0 Å². The molecular weight excluding hydrogens is 206 g/mol. The maximum atomic E-state index is 5.00. The van der Waals surface area contributed by atoms with Gasteiger partial charge in [0.1, 0.15) is 0 Å². The molecule has 1 unspecified atom stereocenters. The van der Waals surface area contributed by atoms with Crippen LogP contribution in [0.2, 0.25) is 0 Å². The van der Waals surface area contributed by atoms with Gasteiger partial charge in [0, 0.05) is 25.4 Å². The van der Waals surface area contributed by atoms with Crippen LogP contribution < -0.4 is 5.32 Å². The highest BCUT2D eigenvalue weighted by atomic mass is 32.2. The Kier molecular flexibility index (Phi) is 7.49. The monoisotopic (exact) mass is 231 g/mol. The van der Waals surface area contributed by atoms with E-state index in [1.165, 1.54) is 31.4 Å². The molecule has 0 aliphatic heterocycles. The van der Waals surface area contributed by atoms with Gasteiger partial charge in [0.15, 0.2) is 0 Å². The molecule has 3 heteroatoms. The molecule has 0 aromatic carbocycles. The van der Waals surface area contributed by atoms with Crippen LogP contribution >= 0.6 is 11.8 Å². The second kappa shape index (κ2) is 8.43. The van der Waals surface area contributed by atoms with Gasteiger partial charge in [0.2, 0.25) is 0 Å². The third-order valence-electron chi connectivity index (χ3n) is 3.01. The lowest BCUT2D eigenvalue weighted by Crippen LogP contribution is -2.26. The third kappa shape index (κ3) is 6.44. The number of rotatable bonds is 8. The molecule has 0 radical (unpaired) electrons. The fourth-order valence-electron chi connectivity index (χ4n) is 2.02. The van der Waals surface area contributed by atoms with Crippen molar-refractivity contribution in [2.24, 2.45) is 5.92 Å². The summed E-state index contributed by atoms with van der Waals surface area (Å²) >= 11 is 2.13. The first-order valence-corrected chi connectivity index (χ1v) is 7.19. The molecule has 0 spiro atoms. The van der Waals surface area contributed by atoms with Gasteiger partial charge in [-0.15, -0.1) is 0 Å². The molecule has 0 amide bonds. The van der Waals surface area contributed by atoms with Crippen molar-refractivity contribution in [3.63, 3.8) is 0 Å². The first-order valence-electron chi connectivity index (χ1n) is 6.14. The Morgan fingerprint density at radius 3 is 2.80 bits per heavy atom. The van der Waals surface area contributed by atoms with Crippen molar-refractivity contribution in [3.05, 3.63) is 0 Å². The van der Waals surface area contributed by atoms with Crippen molar-refractivity contribution in [2.75, 3.05) is 32.6 Å². The maximum absolute atomic E-state index is 5.00. The molecule has 1 aliphatic rings. The van der Waals surface area contributed by atoms with Crippen LogP contribution in [0.1, 0.15) is 32.6 Å². The number of thioether (sulfide) groups is 1. The number of hydrogen-bond acceptors (Lipinski definition) is 3. The number of nitrogens with one attached hydrogen (secondary N) is 1. The Labute approximate surface area is 98.5 Å². The summed E-state index contributed by atoms with van der Waals surface area (Å²) < 4.78 is 5.00. The Balaban J connectivity index is 1.90. The van der Waals surface area contributed by atoms with Gasteiger partial charge in [-0.1, -0.05) is 19.8 Å². The Hall–Kier alpha value is 0.270. The second-order valence-electron chi connectivity index (χ2n) is 4.49. The van der Waals surface area contributed by atoms with E-state index in [9.17, 15) is 0 Å². The summed E-state index contributed by atoms with van der Waals surface area (Å²) in [7, 11) is 1.75. The molecule has 0 saturated heterocycles. The van der Waals surface area contributed by atoms with Gasteiger partial charge >= 0.3 is 0 Å². The van der Waals surface area contributed by atoms with Crippen LogP contribution in [0.15, 0.2) is 0 Å². The molecule has 1 rings (SSSR count). The number of hydrogen-bond donors (Lipinski definition) is 1. The first kappa shape index (κ1) is 13.3. The van der Waals surface area contributed by atoms with Gasteiger partial charge in [0.25, 0.3) is 0 Å². The van der Waals surface area contributed by atoms with Gasteiger partial charge in [-0.2, -0.15) is 11.8 Å². The highest BCUT2D eigenvalue weighted by molar-refractivity contribution is 7.99. The van der Waals surface area contributed by atoms with Crippen LogP contribution in [-0.2, 0) is 4.74 Å². The fraction of sp³-hybridized carbons (Fsp3) is 1.00. The summed E-state index contributed by atoms with van der Waals surface area (Å²) in [6.45, 7) is 5.23. The summed E-state index contributed by atoms with van der Waals surface area (Å²) in [5, 5.41) is 4.15. The van der Waals surface area contributed by atoms with Gasteiger partial charge in [0.05, 0.1) is 6.61 Å². The standard InChI is InChI=1S/C12H25NOS/c1-11(9-13-7-8-14-2)15-10-12-5-3-4-6-12/h11-13H,3-10H2,1-2H3. The lowest BCUT2D eigenvalue weighted by Gasteiger charge is -2.15. The van der Waals surface area contributed by atoms with Gasteiger partial charge in [-0.25, -0.2) is 0 Å². The van der Waals surface area contributed by atoms with Gasteiger partial charge < -0.3 is 10.1 Å². The van der Waals surface area contributed by atoms with E-state index >= 15 is 0 Å². The van der Waals surface area contributed by atoms with Crippen LogP contribution in [0.4, 0.5) is 0 Å². The smallest absolute Gasteiger partial charge is 0.0587 e. The van der Waals surface area contributed by atoms with Crippen molar-refractivity contribution >= 4 is 11.8 Å². The quantitative estimate of drug-likeness (QED) is 0.649. The highest BCUT2D eigenvalue weighted by Crippen LogP contribution is 2.29. The Bertz CT molecular complexity index is 149. The SMILES string of the molecule is COCCNCC(C)SCC1CCCC1. The zero-order valence-corrected chi connectivity index (χ0v) is 10.9. The maximum Gasteiger partial charge on any atom is 0.0587 e. The average molecular weight is 231 g/mol. The van der Waals surface area contributed by atoms with Crippen LogP contribution in [0.3, 0.4) is 0 Å². The molecule has 0 aromatic heterocycles. The van der Waals surface area contributed by atoms with Crippen molar-refractivity contribution in [2.45, 2.75) is 37.9 Å². The molecule has 0 heterocycles. The predicted molar refractivity (Wildman–Crippen MR) is 68.6 cm³/mol. The third-order valence-corrected chi connectivity index (χ3v) is 4.41. The summed E-state index contributed by atoms with van der Waals surface area (Å²) in [4.78, 5) is 0. The van der Waals surface area contributed by atoms with Crippen molar-refractivity contribution in [1.82, 2.24) is 5.32 Å². The molecule has 1 saturated carbocycles. The minimum Gasteiger partial charge on any atom is -0.383 e. The molecular formula is C12H25NOS. The fourth-order valence-corrected chi connectivity index (χ4v) is 3.19. The van der Waals surface area contributed by atoms with E-state index in [-0.39, 0.29) is 0 Å². The number of ether oxygens (including phenoxy) is 1. The van der Waals surface area contributed by atoms with Crippen LogP contribution in [-0.4, -0.2) is 37.8 Å². The van der Waals surface area contributed by atoms with Crippen LogP contribution in [0.25, 0.3) is 0 Å². The summed E-state index contributed by atoms with van der Waals surface area (Å²) in [6.07, 6.45) is 5.87. The average Bonchev–Trinajstić information content (AvgIpc) is 2.74. The van der Waals surface area contributed by atoms with E-state index in [1.807, 2.05) is 0 Å². The second-order valence-corrected chi connectivity index (χ2v) is 5.96. The summed E-state index contributed by atoms with van der Waals surface area (Å²) in [5.74, 6) is 2.38. The zero-order valence-electron chi connectivity index (χ0n) is 10.1. The molecule has 1 aliphatic carbocycles. The van der Waals surface area contributed by atoms with E-state index in [1.54, 1.807) is 7.11 Å². The van der Waals surface area contributed by atoms with Crippen LogP contribution in [0.5, 0.6) is 0 Å². The van der Waals surface area contributed by atoms with E-state index in [0.29, 0.717) is 0 Å². The molecule has 0 aromatic rings. The molecule has 1 fully saturated rings. The number of methoxy groups -OCH3 is 1. The van der Waals surface area contributed by atoms with Crippen molar-refractivity contribution < 1.29 is 4.74 Å². The normalized spacial score (nSPS) is 19.6. The van der Waals surface area contributed by atoms with Gasteiger partial charge in [-0.3, -0.25) is 0 Å². The van der Waals surface area contributed by atoms with E-state index < -0.39 is 0 Å². The lowest BCUT2D eigenvalue weighted by atomic mass is 10.1. The van der Waals surface area contributed by atoms with Crippen molar-refractivity contribution in [1.29, 1.82) is 0 Å². The molecule has 1 N–H and O–H groups in total. The minimum absolute atomic E-state index is 0.738. The van der Waals surface area contributed by atoms with E-state index in [0.717, 1.165) is 30.9 Å². The first-order chi connectivity index (χ1) is 7.33. The Morgan fingerprint density at radius 1 is 1.40 bits per heavy atom.